The molecule has 1 aromatic heterocycles. The van der Waals surface area contributed by atoms with Crippen LogP contribution < -0.4 is 10.6 Å². The van der Waals surface area contributed by atoms with Crippen LogP contribution in [0.4, 0.5) is 0 Å². The molecule has 1 saturated heterocycles. The number of piperidine rings is 1. The number of aliphatic hydroxyl groups excluding tert-OH is 1. The van der Waals surface area contributed by atoms with Crippen molar-refractivity contribution in [2.24, 2.45) is 0 Å². The molecule has 2 aromatic rings. The maximum atomic E-state index is 12.1. The van der Waals surface area contributed by atoms with Crippen LogP contribution in [0.3, 0.4) is 0 Å². The van der Waals surface area contributed by atoms with E-state index in [1.807, 2.05) is 36.5 Å². The molecule has 0 aliphatic carbocycles. The fourth-order valence-corrected chi connectivity index (χ4v) is 3.51. The largest absolute Gasteiger partial charge is 0.391 e. The Balaban J connectivity index is 0.00000225. The van der Waals surface area contributed by atoms with Gasteiger partial charge in [0.2, 0.25) is 0 Å². The van der Waals surface area contributed by atoms with Gasteiger partial charge < -0.3 is 20.3 Å². The van der Waals surface area contributed by atoms with E-state index in [4.69, 9.17) is 0 Å². The van der Waals surface area contributed by atoms with Gasteiger partial charge in [-0.1, -0.05) is 35.5 Å². The SMILES string of the molecule is C.CNC(=O)c1cn(C/C=C/[C@H]2NCCC[C@@H]2O)c2ccc(Br)cc12. The van der Waals surface area contributed by atoms with Gasteiger partial charge in [0.1, 0.15) is 0 Å². The van der Waals surface area contributed by atoms with E-state index in [-0.39, 0.29) is 25.5 Å². The number of aliphatic hydroxyl groups is 1. The second-order valence-electron chi connectivity index (χ2n) is 6.05. The highest BCUT2D eigenvalue weighted by molar-refractivity contribution is 9.10. The smallest absolute Gasteiger partial charge is 0.253 e. The summed E-state index contributed by atoms with van der Waals surface area (Å²) in [4.78, 5) is 12.1. The van der Waals surface area contributed by atoms with Crippen molar-refractivity contribution in [3.8, 4) is 0 Å². The number of carbonyl (C=O) groups is 1. The van der Waals surface area contributed by atoms with Crippen LogP contribution in [0.25, 0.3) is 10.9 Å². The first kappa shape index (κ1) is 19.7. The molecule has 136 valence electrons. The number of aromatic nitrogens is 1. The van der Waals surface area contributed by atoms with Crippen molar-refractivity contribution in [1.82, 2.24) is 15.2 Å². The summed E-state index contributed by atoms with van der Waals surface area (Å²) in [5.74, 6) is -0.0924. The summed E-state index contributed by atoms with van der Waals surface area (Å²) in [6.45, 7) is 1.59. The lowest BCUT2D eigenvalue weighted by molar-refractivity contribution is 0.0964. The molecular formula is C19H26BrN3O2. The molecule has 0 saturated carbocycles. The minimum atomic E-state index is -0.325. The Morgan fingerprint density at radius 3 is 3.04 bits per heavy atom. The van der Waals surface area contributed by atoms with E-state index in [0.29, 0.717) is 12.1 Å². The molecule has 2 atom stereocenters. The van der Waals surface area contributed by atoms with Gasteiger partial charge in [-0.15, -0.1) is 0 Å². The van der Waals surface area contributed by atoms with Crippen molar-refractivity contribution in [2.45, 2.75) is 39.0 Å². The van der Waals surface area contributed by atoms with Crippen LogP contribution in [0.1, 0.15) is 30.6 Å². The molecular weight excluding hydrogens is 382 g/mol. The van der Waals surface area contributed by atoms with Gasteiger partial charge >= 0.3 is 0 Å². The van der Waals surface area contributed by atoms with Gasteiger partial charge in [0.05, 0.1) is 17.7 Å². The van der Waals surface area contributed by atoms with Crippen LogP contribution in [-0.4, -0.2) is 41.3 Å². The minimum Gasteiger partial charge on any atom is -0.391 e. The molecule has 1 aromatic carbocycles. The van der Waals surface area contributed by atoms with Crippen molar-refractivity contribution in [3.05, 3.63) is 46.6 Å². The number of amides is 1. The van der Waals surface area contributed by atoms with Crippen molar-refractivity contribution in [3.63, 3.8) is 0 Å². The van der Waals surface area contributed by atoms with Gasteiger partial charge in [-0.2, -0.15) is 0 Å². The molecule has 0 spiro atoms. The van der Waals surface area contributed by atoms with E-state index in [2.05, 4.69) is 31.1 Å². The Morgan fingerprint density at radius 2 is 2.32 bits per heavy atom. The summed E-state index contributed by atoms with van der Waals surface area (Å²) in [5.41, 5.74) is 1.68. The first-order valence-electron chi connectivity index (χ1n) is 8.18. The van der Waals surface area contributed by atoms with Crippen LogP contribution in [0.2, 0.25) is 0 Å². The number of nitrogens with zero attached hydrogens (tertiary/aromatic N) is 1. The summed E-state index contributed by atoms with van der Waals surface area (Å²) >= 11 is 3.47. The number of carbonyl (C=O) groups excluding carboxylic acids is 1. The topological polar surface area (TPSA) is 66.3 Å². The van der Waals surface area contributed by atoms with Gasteiger partial charge in [0.25, 0.3) is 5.91 Å². The number of allylic oxidation sites excluding steroid dienone is 1. The Morgan fingerprint density at radius 1 is 1.52 bits per heavy atom. The summed E-state index contributed by atoms with van der Waals surface area (Å²) in [7, 11) is 1.64. The maximum absolute atomic E-state index is 12.1. The van der Waals surface area contributed by atoms with E-state index in [1.54, 1.807) is 7.05 Å². The number of halogens is 1. The standard InChI is InChI=1S/C18H22BrN3O2.CH4/c1-20-18(24)14-11-22(16-7-6-12(19)10-13(14)16)9-3-4-15-17(23)5-2-8-21-15;/h3-4,6-7,10-11,15,17,21,23H,2,5,8-9H2,1H3,(H,20,24);1H4/b4-3+;/t15-,17+;/m1./s1. The Kier molecular flexibility index (Phi) is 6.81. The number of hydrogen-bond donors (Lipinski definition) is 3. The average Bonchev–Trinajstić information content (AvgIpc) is 2.94. The minimum absolute atomic E-state index is 0. The van der Waals surface area contributed by atoms with Crippen LogP contribution in [-0.2, 0) is 6.54 Å². The summed E-state index contributed by atoms with van der Waals surface area (Å²) < 4.78 is 3.00. The molecule has 0 bridgehead atoms. The van der Waals surface area contributed by atoms with Gasteiger partial charge in [-0.05, 0) is 37.6 Å². The van der Waals surface area contributed by atoms with Crippen molar-refractivity contribution in [2.75, 3.05) is 13.6 Å². The monoisotopic (exact) mass is 407 g/mol. The lowest BCUT2D eigenvalue weighted by Gasteiger charge is -2.26. The maximum Gasteiger partial charge on any atom is 0.253 e. The molecule has 1 aliphatic heterocycles. The molecule has 2 heterocycles. The first-order valence-corrected chi connectivity index (χ1v) is 8.98. The van der Waals surface area contributed by atoms with Crippen molar-refractivity contribution < 1.29 is 9.90 Å². The highest BCUT2D eigenvalue weighted by Crippen LogP contribution is 2.25. The lowest BCUT2D eigenvalue weighted by Crippen LogP contribution is -2.43. The molecule has 5 nitrogen and oxygen atoms in total. The second-order valence-corrected chi connectivity index (χ2v) is 6.97. The predicted octanol–water partition coefficient (Wildman–Crippen LogP) is 3.07. The second kappa shape index (κ2) is 8.65. The Bertz CT molecular complexity index is 769. The fraction of sp³-hybridized carbons (Fsp3) is 0.421. The van der Waals surface area contributed by atoms with Crippen molar-refractivity contribution in [1.29, 1.82) is 0 Å². The number of benzene rings is 1. The number of hydrogen-bond acceptors (Lipinski definition) is 3. The highest BCUT2D eigenvalue weighted by atomic mass is 79.9. The molecule has 1 amide bonds. The zero-order chi connectivity index (χ0) is 17.1. The van der Waals surface area contributed by atoms with E-state index >= 15 is 0 Å². The quantitative estimate of drug-likeness (QED) is 0.682. The van der Waals surface area contributed by atoms with E-state index in [1.165, 1.54) is 0 Å². The molecule has 6 heteroatoms. The number of rotatable bonds is 4. The van der Waals surface area contributed by atoms with Crippen LogP contribution >= 0.6 is 15.9 Å². The van der Waals surface area contributed by atoms with Crippen LogP contribution in [0, 0.1) is 0 Å². The summed E-state index contributed by atoms with van der Waals surface area (Å²) in [6, 6.07) is 5.95. The molecule has 1 fully saturated rings. The fourth-order valence-electron chi connectivity index (χ4n) is 3.15. The normalized spacial score (nSPS) is 20.6. The zero-order valence-electron chi connectivity index (χ0n) is 13.6. The molecule has 0 radical (unpaired) electrons. The molecule has 0 unspecified atom stereocenters. The highest BCUT2D eigenvalue weighted by Gasteiger charge is 2.19. The van der Waals surface area contributed by atoms with Crippen LogP contribution in [0.5, 0.6) is 0 Å². The molecule has 25 heavy (non-hydrogen) atoms. The van der Waals surface area contributed by atoms with Gasteiger partial charge in [0.15, 0.2) is 0 Å². The lowest BCUT2D eigenvalue weighted by atomic mass is 10.0. The Hall–Kier alpha value is -1.63. The first-order chi connectivity index (χ1) is 11.6. The van der Waals surface area contributed by atoms with Gasteiger partial charge in [0, 0.05) is 35.2 Å². The third-order valence-corrected chi connectivity index (χ3v) is 4.92. The van der Waals surface area contributed by atoms with Crippen LogP contribution in [0.15, 0.2) is 41.0 Å². The predicted molar refractivity (Wildman–Crippen MR) is 106 cm³/mol. The van der Waals surface area contributed by atoms with Gasteiger partial charge in [-0.25, -0.2) is 0 Å². The van der Waals surface area contributed by atoms with E-state index in [0.717, 1.165) is 34.8 Å². The Labute approximate surface area is 157 Å². The van der Waals surface area contributed by atoms with E-state index in [9.17, 15) is 9.90 Å². The summed E-state index contributed by atoms with van der Waals surface area (Å²) in [6.07, 6.45) is 7.47. The average molecular weight is 408 g/mol. The number of fused-ring (bicyclic) bond motifs is 1. The zero-order valence-corrected chi connectivity index (χ0v) is 15.2. The van der Waals surface area contributed by atoms with E-state index < -0.39 is 0 Å². The summed E-state index contributed by atoms with van der Waals surface area (Å²) in [5, 5.41) is 16.9. The third-order valence-electron chi connectivity index (χ3n) is 4.43. The molecule has 3 N–H and O–H groups in total. The third kappa shape index (κ3) is 4.32. The van der Waals surface area contributed by atoms with Crippen molar-refractivity contribution >= 4 is 32.7 Å². The van der Waals surface area contributed by atoms with Gasteiger partial charge in [-0.3, -0.25) is 4.79 Å². The molecule has 3 rings (SSSR count). The molecule has 1 aliphatic rings. The number of nitrogens with one attached hydrogen (secondary N) is 2.